The monoisotopic (exact) mass is 954 g/mol. The Morgan fingerprint density at radius 1 is 0.667 bits per heavy atom. The van der Waals surface area contributed by atoms with Gasteiger partial charge in [-0.3, -0.25) is 9.59 Å². The molecule has 0 bridgehead atoms. The van der Waals surface area contributed by atoms with Crippen LogP contribution in [-0.2, 0) is 67.8 Å². The quantitative estimate of drug-likeness (QED) is 0.152. The van der Waals surface area contributed by atoms with Crippen molar-refractivity contribution in [2.75, 3.05) is 59.2 Å². The van der Waals surface area contributed by atoms with E-state index in [4.69, 9.17) is 24.2 Å². The lowest BCUT2D eigenvalue weighted by atomic mass is 9.94. The summed E-state index contributed by atoms with van der Waals surface area (Å²) < 4.78 is 76.9. The van der Waals surface area contributed by atoms with Gasteiger partial charge in [-0.05, 0) is 107 Å². The number of carboxylic acids is 1. The molecule has 2 atom stereocenters. The number of piperidine rings is 2. The predicted octanol–water partition coefficient (Wildman–Crippen LogP) is 6.97. The number of aromatic nitrogens is 4. The van der Waals surface area contributed by atoms with Gasteiger partial charge in [0.05, 0.1) is 50.3 Å². The van der Waals surface area contributed by atoms with Gasteiger partial charge in [-0.2, -0.15) is 8.61 Å². The topological polar surface area (TPSA) is 192 Å². The second-order valence-corrected chi connectivity index (χ2v) is 24.4. The minimum atomic E-state index is -3.78. The summed E-state index contributed by atoms with van der Waals surface area (Å²) in [6, 6.07) is 10.4. The normalized spacial score (nSPS) is 21.4. The molecule has 0 spiro atoms. The van der Waals surface area contributed by atoms with Crippen LogP contribution in [0.3, 0.4) is 0 Å². The zero-order valence-corrected chi connectivity index (χ0v) is 41.5. The summed E-state index contributed by atoms with van der Waals surface area (Å²) in [5, 5.41) is 9.34. The van der Waals surface area contributed by atoms with Crippen LogP contribution >= 0.6 is 0 Å². The molecule has 16 nitrogen and oxygen atoms in total. The fourth-order valence-corrected chi connectivity index (χ4v) is 12.8. The van der Waals surface area contributed by atoms with E-state index in [-0.39, 0.29) is 39.7 Å². The number of carboxylic acid groups (broad SMARTS) is 1. The van der Waals surface area contributed by atoms with Crippen molar-refractivity contribution >= 4 is 54.1 Å². The lowest BCUT2D eigenvalue weighted by Crippen LogP contribution is -2.42. The minimum Gasteiger partial charge on any atom is -0.481 e. The molecule has 0 radical (unpaired) electrons. The summed E-state index contributed by atoms with van der Waals surface area (Å²) in [6.07, 6.45) is 6.40. The van der Waals surface area contributed by atoms with Crippen LogP contribution in [0, 0.1) is 23.7 Å². The summed E-state index contributed by atoms with van der Waals surface area (Å²) in [6.45, 7) is 20.5. The van der Waals surface area contributed by atoms with Gasteiger partial charge in [0.25, 0.3) is 0 Å². The van der Waals surface area contributed by atoms with E-state index >= 15 is 0 Å². The molecule has 66 heavy (non-hydrogen) atoms. The number of imidazole rings is 2. The minimum absolute atomic E-state index is 0.0150. The van der Waals surface area contributed by atoms with E-state index in [0.717, 1.165) is 87.9 Å². The van der Waals surface area contributed by atoms with Crippen LogP contribution in [0.2, 0.25) is 0 Å². The second kappa shape index (κ2) is 20.3. The molecule has 1 N–H and O–H groups in total. The third-order valence-corrected chi connectivity index (χ3v) is 17.1. The van der Waals surface area contributed by atoms with Crippen LogP contribution in [0.15, 0.2) is 46.2 Å². The molecule has 4 aliphatic heterocycles. The number of rotatable bonds is 11. The number of nitrogens with zero attached hydrogens (tertiary/aromatic N) is 6. The highest BCUT2D eigenvalue weighted by atomic mass is 32.2. The van der Waals surface area contributed by atoms with E-state index in [2.05, 4.69) is 50.7 Å². The van der Waals surface area contributed by atoms with E-state index in [1.807, 2.05) is 12.1 Å². The molecule has 4 saturated heterocycles. The lowest BCUT2D eigenvalue weighted by molar-refractivity contribution is -0.149. The fraction of sp³-hybridized carbons (Fsp3) is 0.667. The molecule has 0 amide bonds. The number of aliphatic carboxylic acids is 1. The molecule has 2 aromatic heterocycles. The Morgan fingerprint density at radius 3 is 1.47 bits per heavy atom. The van der Waals surface area contributed by atoms with Crippen LogP contribution in [0.5, 0.6) is 0 Å². The molecule has 6 heterocycles. The summed E-state index contributed by atoms with van der Waals surface area (Å²) in [5.41, 5.74) is 2.88. The van der Waals surface area contributed by atoms with Gasteiger partial charge >= 0.3 is 11.9 Å². The Bertz CT molecular complexity index is 2580. The Morgan fingerprint density at radius 2 is 1.08 bits per heavy atom. The molecule has 4 aromatic rings. The maximum absolute atomic E-state index is 13.5. The summed E-state index contributed by atoms with van der Waals surface area (Å²) in [4.78, 5) is 33.8. The number of carbonyl (C=O) groups excluding carboxylic acids is 1. The van der Waals surface area contributed by atoms with Crippen LogP contribution in [0.4, 0.5) is 0 Å². The molecular formula is C48H70N6O10S2. The Labute approximate surface area is 390 Å². The fourth-order valence-electron chi connectivity index (χ4n) is 9.70. The van der Waals surface area contributed by atoms with Gasteiger partial charge in [0, 0.05) is 76.5 Å². The number of carbonyl (C=O) groups is 2. The first-order chi connectivity index (χ1) is 31.2. The van der Waals surface area contributed by atoms with Crippen LogP contribution in [0.25, 0.3) is 22.1 Å². The van der Waals surface area contributed by atoms with Crippen molar-refractivity contribution in [2.24, 2.45) is 23.7 Å². The third kappa shape index (κ3) is 11.2. The van der Waals surface area contributed by atoms with Gasteiger partial charge in [-0.1, -0.05) is 41.5 Å². The van der Waals surface area contributed by atoms with Crippen molar-refractivity contribution in [1.29, 1.82) is 0 Å². The first-order valence-corrected chi connectivity index (χ1v) is 26.6. The van der Waals surface area contributed by atoms with E-state index in [0.29, 0.717) is 68.2 Å². The Hall–Kier alpha value is -3.94. The highest BCUT2D eigenvalue weighted by Gasteiger charge is 2.36. The number of hydrogen-bond acceptors (Lipinski definition) is 11. The third-order valence-electron chi connectivity index (χ3n) is 13.4. The number of sulfonamides is 2. The maximum atomic E-state index is 13.5. The highest BCUT2D eigenvalue weighted by Crippen LogP contribution is 2.34. The molecule has 2 aromatic carbocycles. The molecule has 4 fully saturated rings. The molecule has 0 unspecified atom stereocenters. The summed E-state index contributed by atoms with van der Waals surface area (Å²) in [5.74, 6) is 0.588. The average molecular weight is 955 g/mol. The first kappa shape index (κ1) is 50.0. The van der Waals surface area contributed by atoms with Gasteiger partial charge < -0.3 is 28.5 Å². The summed E-state index contributed by atoms with van der Waals surface area (Å²) >= 11 is 0. The van der Waals surface area contributed by atoms with Crippen LogP contribution in [-0.4, -0.2) is 121 Å². The van der Waals surface area contributed by atoms with Gasteiger partial charge in [0.2, 0.25) is 20.0 Å². The molecule has 4 aliphatic rings. The number of benzene rings is 2. The number of hydrogen-bond donors (Lipinski definition) is 1. The van der Waals surface area contributed by atoms with Crippen molar-refractivity contribution in [1.82, 2.24) is 27.7 Å². The molecule has 8 rings (SSSR count). The smallest absolute Gasteiger partial charge is 0.310 e. The first-order valence-electron chi connectivity index (χ1n) is 23.7. The zero-order valence-electron chi connectivity index (χ0n) is 39.8. The highest BCUT2D eigenvalue weighted by molar-refractivity contribution is 7.89. The van der Waals surface area contributed by atoms with E-state index in [9.17, 15) is 31.5 Å². The van der Waals surface area contributed by atoms with Crippen LogP contribution < -0.4 is 0 Å². The molecule has 0 aliphatic carbocycles. The molecule has 18 heteroatoms. The van der Waals surface area contributed by atoms with Crippen molar-refractivity contribution in [3.63, 3.8) is 0 Å². The van der Waals surface area contributed by atoms with Crippen molar-refractivity contribution < 1.29 is 45.7 Å². The lowest BCUT2D eigenvalue weighted by Gasteiger charge is -2.30. The summed E-state index contributed by atoms with van der Waals surface area (Å²) in [7, 11) is -7.52. The van der Waals surface area contributed by atoms with Gasteiger partial charge in [-0.25, -0.2) is 26.8 Å². The average Bonchev–Trinajstić information content (AvgIpc) is 3.85. The number of ether oxygens (including phenoxy) is 3. The van der Waals surface area contributed by atoms with E-state index in [1.54, 1.807) is 31.2 Å². The van der Waals surface area contributed by atoms with Crippen molar-refractivity contribution in [2.45, 2.75) is 134 Å². The maximum Gasteiger partial charge on any atom is 0.310 e. The predicted molar refractivity (Wildman–Crippen MR) is 251 cm³/mol. The standard InChI is InChI=1S/C25H37N3O5S.C23H33N3O5S/c1-5-33-23(29)19-7-6-12-27(17-19)34(30,31)20-8-9-22-21(15-20)26-24(25(2,3)4)28(22)16-18-10-13-32-14-11-18;1-23(2,3)22-24-19-13-18(32(29,30)25-10-4-5-17(15-25)21(27)28)6-7-20(19)26(22)14-16-8-11-31-12-9-16/h8-9,15,18-19H,5-7,10-14,16-17H2,1-4H3;6-7,13,16-17H,4-5,8-12,14-15H2,1-3H3,(H,27,28)/t19-;17-/m00/s1. The van der Waals surface area contributed by atoms with E-state index in [1.165, 1.54) is 8.61 Å². The number of fused-ring (bicyclic) bond motifs is 2. The molecular weight excluding hydrogens is 885 g/mol. The molecule has 364 valence electrons. The number of esters is 1. The van der Waals surface area contributed by atoms with Gasteiger partial charge in [0.1, 0.15) is 11.6 Å². The van der Waals surface area contributed by atoms with Crippen molar-refractivity contribution in [3.05, 3.63) is 48.0 Å². The molecule has 0 saturated carbocycles. The second-order valence-electron chi connectivity index (χ2n) is 20.5. The SMILES string of the molecule is CC(C)(C)c1nc2cc(S(=O)(=O)N3CCC[C@H](C(=O)O)C3)ccc2n1CC1CCOCC1.CCOC(=O)[C@H]1CCCN(S(=O)(=O)c2ccc3c(c2)nc(C(C)(C)C)n3CC2CCOCC2)C1. The largest absolute Gasteiger partial charge is 0.481 e. The van der Waals surface area contributed by atoms with Gasteiger partial charge in [0.15, 0.2) is 0 Å². The zero-order chi connectivity index (χ0) is 47.6. The van der Waals surface area contributed by atoms with Crippen molar-refractivity contribution in [3.8, 4) is 0 Å². The van der Waals surface area contributed by atoms with Gasteiger partial charge in [-0.15, -0.1) is 0 Å². The van der Waals surface area contributed by atoms with E-state index < -0.39 is 37.9 Å². The Kier molecular flexibility index (Phi) is 15.4. The van der Waals surface area contributed by atoms with Crippen LogP contribution in [0.1, 0.15) is 111 Å². The Balaban J connectivity index is 0.000000197.